The van der Waals surface area contributed by atoms with E-state index in [1.165, 1.54) is 16.0 Å². The molecule has 0 radical (unpaired) electrons. The number of ether oxygens (including phenoxy) is 1. The molecule has 1 N–H and O–H groups in total. The lowest BCUT2D eigenvalue weighted by Crippen LogP contribution is -2.18. The summed E-state index contributed by atoms with van der Waals surface area (Å²) >= 11 is 1.81. The Kier molecular flexibility index (Phi) is 5.00. The van der Waals surface area contributed by atoms with Gasteiger partial charge in [0.15, 0.2) is 0 Å². The monoisotopic (exact) mass is 275 g/mol. The van der Waals surface area contributed by atoms with Crippen LogP contribution in [0.4, 0.5) is 0 Å². The molecule has 0 aliphatic heterocycles. The summed E-state index contributed by atoms with van der Waals surface area (Å²) in [5, 5.41) is 5.52. The molecule has 0 aliphatic rings. The summed E-state index contributed by atoms with van der Waals surface area (Å²) in [7, 11) is 2.01. The highest BCUT2D eigenvalue weighted by Crippen LogP contribution is 2.26. The second-order valence-corrected chi connectivity index (χ2v) is 5.71. The molecule has 0 saturated carbocycles. The van der Waals surface area contributed by atoms with Crippen LogP contribution in [-0.4, -0.2) is 13.7 Å². The first-order chi connectivity index (χ1) is 9.20. The van der Waals surface area contributed by atoms with Gasteiger partial charge in [0, 0.05) is 17.3 Å². The summed E-state index contributed by atoms with van der Waals surface area (Å²) in [6.45, 7) is 4.97. The molecule has 1 aromatic carbocycles. The zero-order valence-electron chi connectivity index (χ0n) is 11.8. The lowest BCUT2D eigenvalue weighted by molar-refractivity contribution is 0.291. The average molecular weight is 275 g/mol. The van der Waals surface area contributed by atoms with Crippen molar-refractivity contribution in [2.45, 2.75) is 26.3 Å². The number of nitrogens with one attached hydrogen (secondary N) is 1. The quantitative estimate of drug-likeness (QED) is 0.857. The molecule has 0 aliphatic carbocycles. The Morgan fingerprint density at radius 1 is 1.26 bits per heavy atom. The van der Waals surface area contributed by atoms with Crippen molar-refractivity contribution in [3.8, 4) is 5.75 Å². The molecular formula is C16H21NOS. The molecule has 1 heterocycles. The van der Waals surface area contributed by atoms with Crippen molar-refractivity contribution in [2.75, 3.05) is 13.7 Å². The standard InChI is InChI=1S/C16H21NOS/c1-12-5-4-6-14(11-12)18-9-7-15(17-3)16-13(2)8-10-19-16/h4-6,8,10-11,15,17H,7,9H2,1-3H3. The number of hydrogen-bond acceptors (Lipinski definition) is 3. The Morgan fingerprint density at radius 2 is 2.11 bits per heavy atom. The minimum Gasteiger partial charge on any atom is -0.494 e. The molecule has 2 aromatic rings. The van der Waals surface area contributed by atoms with Crippen LogP contribution in [0.15, 0.2) is 35.7 Å². The van der Waals surface area contributed by atoms with Gasteiger partial charge >= 0.3 is 0 Å². The van der Waals surface area contributed by atoms with Crippen molar-refractivity contribution < 1.29 is 4.74 Å². The third-order valence-corrected chi connectivity index (χ3v) is 4.36. The lowest BCUT2D eigenvalue weighted by atomic mass is 10.1. The molecule has 3 heteroatoms. The lowest BCUT2D eigenvalue weighted by Gasteiger charge is -2.16. The second kappa shape index (κ2) is 6.73. The van der Waals surface area contributed by atoms with Crippen LogP contribution in [0.25, 0.3) is 0 Å². The van der Waals surface area contributed by atoms with E-state index in [1.54, 1.807) is 0 Å². The van der Waals surface area contributed by atoms with Gasteiger partial charge in [0.2, 0.25) is 0 Å². The zero-order valence-corrected chi connectivity index (χ0v) is 12.6. The van der Waals surface area contributed by atoms with Gasteiger partial charge in [-0.2, -0.15) is 0 Å². The van der Waals surface area contributed by atoms with E-state index in [1.807, 2.05) is 30.5 Å². The first-order valence-electron chi connectivity index (χ1n) is 6.61. The van der Waals surface area contributed by atoms with Gasteiger partial charge in [-0.15, -0.1) is 11.3 Å². The number of thiophene rings is 1. The maximum atomic E-state index is 5.82. The second-order valence-electron chi connectivity index (χ2n) is 4.76. The first kappa shape index (κ1) is 14.1. The van der Waals surface area contributed by atoms with Gasteiger partial charge in [-0.1, -0.05) is 12.1 Å². The van der Waals surface area contributed by atoms with Crippen LogP contribution in [-0.2, 0) is 0 Å². The van der Waals surface area contributed by atoms with Gasteiger partial charge in [-0.3, -0.25) is 0 Å². The van der Waals surface area contributed by atoms with Crippen molar-refractivity contribution in [3.05, 3.63) is 51.7 Å². The largest absolute Gasteiger partial charge is 0.494 e. The summed E-state index contributed by atoms with van der Waals surface area (Å²) in [4.78, 5) is 1.41. The highest BCUT2D eigenvalue weighted by molar-refractivity contribution is 7.10. The van der Waals surface area contributed by atoms with Crippen LogP contribution in [0.3, 0.4) is 0 Å². The fourth-order valence-electron chi connectivity index (χ4n) is 2.15. The van der Waals surface area contributed by atoms with E-state index in [2.05, 4.69) is 42.7 Å². The summed E-state index contributed by atoms with van der Waals surface area (Å²) in [5.41, 5.74) is 2.59. The Labute approximate surface area is 119 Å². The van der Waals surface area contributed by atoms with Gasteiger partial charge in [-0.05, 0) is 55.6 Å². The smallest absolute Gasteiger partial charge is 0.119 e. The Bertz CT molecular complexity index is 521. The van der Waals surface area contributed by atoms with Crippen LogP contribution in [0.5, 0.6) is 5.75 Å². The van der Waals surface area contributed by atoms with Crippen molar-refractivity contribution in [1.29, 1.82) is 0 Å². The molecular weight excluding hydrogens is 254 g/mol. The van der Waals surface area contributed by atoms with E-state index < -0.39 is 0 Å². The molecule has 0 spiro atoms. The van der Waals surface area contributed by atoms with Crippen molar-refractivity contribution in [1.82, 2.24) is 5.32 Å². The molecule has 1 unspecified atom stereocenters. The first-order valence-corrected chi connectivity index (χ1v) is 7.49. The summed E-state index contributed by atoms with van der Waals surface area (Å²) < 4.78 is 5.82. The Hall–Kier alpha value is -1.32. The third-order valence-electron chi connectivity index (χ3n) is 3.23. The van der Waals surface area contributed by atoms with Gasteiger partial charge < -0.3 is 10.1 Å². The minimum absolute atomic E-state index is 0.379. The molecule has 2 rings (SSSR count). The molecule has 2 nitrogen and oxygen atoms in total. The van der Waals surface area contributed by atoms with E-state index in [4.69, 9.17) is 4.74 Å². The predicted octanol–water partition coefficient (Wildman–Crippen LogP) is 4.09. The zero-order chi connectivity index (χ0) is 13.7. The molecule has 1 aromatic heterocycles. The molecule has 0 saturated heterocycles. The molecule has 19 heavy (non-hydrogen) atoms. The van der Waals surface area contributed by atoms with Gasteiger partial charge in [0.25, 0.3) is 0 Å². The SMILES string of the molecule is CNC(CCOc1cccc(C)c1)c1sccc1C. The van der Waals surface area contributed by atoms with E-state index in [0.717, 1.165) is 18.8 Å². The fraction of sp³-hybridized carbons (Fsp3) is 0.375. The van der Waals surface area contributed by atoms with Gasteiger partial charge in [0.1, 0.15) is 5.75 Å². The van der Waals surface area contributed by atoms with Crippen molar-refractivity contribution in [2.24, 2.45) is 0 Å². The maximum absolute atomic E-state index is 5.82. The highest BCUT2D eigenvalue weighted by Gasteiger charge is 2.13. The maximum Gasteiger partial charge on any atom is 0.119 e. The number of benzene rings is 1. The molecule has 102 valence electrons. The van der Waals surface area contributed by atoms with E-state index in [-0.39, 0.29) is 0 Å². The molecule has 0 fully saturated rings. The molecule has 1 atom stereocenters. The summed E-state index contributed by atoms with van der Waals surface area (Å²) in [5.74, 6) is 0.956. The highest BCUT2D eigenvalue weighted by atomic mass is 32.1. The Balaban J connectivity index is 1.89. The van der Waals surface area contributed by atoms with E-state index in [0.29, 0.717) is 6.04 Å². The summed E-state index contributed by atoms with van der Waals surface area (Å²) in [6, 6.07) is 10.8. The van der Waals surface area contributed by atoms with Crippen molar-refractivity contribution >= 4 is 11.3 Å². The van der Waals surface area contributed by atoms with Crippen LogP contribution in [0.1, 0.15) is 28.5 Å². The topological polar surface area (TPSA) is 21.3 Å². The number of aryl methyl sites for hydroxylation is 2. The van der Waals surface area contributed by atoms with E-state index in [9.17, 15) is 0 Å². The minimum atomic E-state index is 0.379. The fourth-order valence-corrected chi connectivity index (χ4v) is 3.22. The third kappa shape index (κ3) is 3.82. The number of hydrogen-bond donors (Lipinski definition) is 1. The van der Waals surface area contributed by atoms with Crippen LogP contribution in [0.2, 0.25) is 0 Å². The number of rotatable bonds is 6. The van der Waals surface area contributed by atoms with Crippen LogP contribution < -0.4 is 10.1 Å². The van der Waals surface area contributed by atoms with Gasteiger partial charge in [-0.25, -0.2) is 0 Å². The van der Waals surface area contributed by atoms with Crippen LogP contribution in [0, 0.1) is 13.8 Å². The van der Waals surface area contributed by atoms with Crippen molar-refractivity contribution in [3.63, 3.8) is 0 Å². The molecule has 0 amide bonds. The van der Waals surface area contributed by atoms with Crippen LogP contribution >= 0.6 is 11.3 Å². The Morgan fingerprint density at radius 3 is 2.74 bits per heavy atom. The predicted molar refractivity (Wildman–Crippen MR) is 82.1 cm³/mol. The molecule has 0 bridgehead atoms. The van der Waals surface area contributed by atoms with E-state index >= 15 is 0 Å². The van der Waals surface area contributed by atoms with Gasteiger partial charge in [0.05, 0.1) is 6.61 Å². The average Bonchev–Trinajstić information content (AvgIpc) is 2.81. The summed E-state index contributed by atoms with van der Waals surface area (Å²) in [6.07, 6.45) is 0.978. The normalized spacial score (nSPS) is 12.4.